The van der Waals surface area contributed by atoms with Crippen LogP contribution in [0.5, 0.6) is 11.5 Å². The van der Waals surface area contributed by atoms with Gasteiger partial charge >= 0.3 is 0 Å². The van der Waals surface area contributed by atoms with Crippen LogP contribution in [0, 0.1) is 0 Å². The highest BCUT2D eigenvalue weighted by atomic mass is 79.9. The van der Waals surface area contributed by atoms with E-state index in [4.69, 9.17) is 9.47 Å². The van der Waals surface area contributed by atoms with E-state index in [2.05, 4.69) is 20.7 Å². The molecule has 1 N–H and O–H groups in total. The van der Waals surface area contributed by atoms with Crippen molar-refractivity contribution in [3.05, 3.63) is 52.5 Å². The molecule has 140 valence electrons. The van der Waals surface area contributed by atoms with Gasteiger partial charge in [0.15, 0.2) is 0 Å². The molecule has 6 nitrogen and oxygen atoms in total. The summed E-state index contributed by atoms with van der Waals surface area (Å²) in [5, 5.41) is 0. The molecule has 0 unspecified atom stereocenters. The number of benzene rings is 2. The summed E-state index contributed by atoms with van der Waals surface area (Å²) in [6.45, 7) is 4.73. The summed E-state index contributed by atoms with van der Waals surface area (Å²) in [4.78, 5) is 12.1. The van der Waals surface area contributed by atoms with Gasteiger partial charge in [0.2, 0.25) is 5.91 Å². The zero-order valence-electron chi connectivity index (χ0n) is 14.5. The molecule has 0 aliphatic carbocycles. The summed E-state index contributed by atoms with van der Waals surface area (Å²) in [7, 11) is -3.96. The SMILES string of the molecule is CCOc1ccc(CC(=O)NS(=O)(=O)c2ccc(OCC)c(Br)c2)cc1. The molecule has 1 amide bonds. The van der Waals surface area contributed by atoms with Crippen LogP contribution in [0.1, 0.15) is 19.4 Å². The summed E-state index contributed by atoms with van der Waals surface area (Å²) in [6.07, 6.45) is -0.0518. The summed E-state index contributed by atoms with van der Waals surface area (Å²) < 4.78 is 38.0. The number of ether oxygens (including phenoxy) is 2. The molecule has 8 heteroatoms. The Kier molecular flexibility index (Phi) is 7.05. The van der Waals surface area contributed by atoms with Gasteiger partial charge in [-0.1, -0.05) is 12.1 Å². The van der Waals surface area contributed by atoms with Gasteiger partial charge < -0.3 is 9.47 Å². The minimum Gasteiger partial charge on any atom is -0.494 e. The summed E-state index contributed by atoms with van der Waals surface area (Å²) in [5.41, 5.74) is 0.689. The van der Waals surface area contributed by atoms with E-state index in [9.17, 15) is 13.2 Å². The van der Waals surface area contributed by atoms with Crippen molar-refractivity contribution in [1.82, 2.24) is 4.72 Å². The standard InChI is InChI=1S/C18H20BrNO5S/c1-3-24-14-7-5-13(6-8-14)11-18(21)20-26(22,23)15-9-10-17(25-4-2)16(19)12-15/h5-10,12H,3-4,11H2,1-2H3,(H,20,21). The molecule has 0 aliphatic heterocycles. The fourth-order valence-electron chi connectivity index (χ4n) is 2.22. The van der Waals surface area contributed by atoms with E-state index in [1.54, 1.807) is 30.3 Å². The van der Waals surface area contributed by atoms with Gasteiger partial charge in [0.05, 0.1) is 29.0 Å². The van der Waals surface area contributed by atoms with Crippen LogP contribution in [0.25, 0.3) is 0 Å². The predicted octanol–water partition coefficient (Wildman–Crippen LogP) is 3.29. The fraction of sp³-hybridized carbons (Fsp3) is 0.278. The maximum Gasteiger partial charge on any atom is 0.264 e. The number of sulfonamides is 1. The zero-order chi connectivity index (χ0) is 19.2. The second kappa shape index (κ2) is 9.05. The van der Waals surface area contributed by atoms with Crippen LogP contribution >= 0.6 is 15.9 Å². The van der Waals surface area contributed by atoms with Gasteiger partial charge in [0.25, 0.3) is 10.0 Å². The molecule has 0 bridgehead atoms. The predicted molar refractivity (Wildman–Crippen MR) is 102 cm³/mol. The Morgan fingerprint density at radius 2 is 1.69 bits per heavy atom. The van der Waals surface area contributed by atoms with Gasteiger partial charge in [-0.25, -0.2) is 13.1 Å². The van der Waals surface area contributed by atoms with Crippen molar-refractivity contribution in [2.75, 3.05) is 13.2 Å². The third-order valence-corrected chi connectivity index (χ3v) is 5.35. The normalized spacial score (nSPS) is 11.0. The third-order valence-electron chi connectivity index (χ3n) is 3.36. The van der Waals surface area contributed by atoms with Crippen molar-refractivity contribution in [1.29, 1.82) is 0 Å². The quantitative estimate of drug-likeness (QED) is 0.679. The van der Waals surface area contributed by atoms with E-state index in [1.807, 2.05) is 13.8 Å². The van der Waals surface area contributed by atoms with Crippen molar-refractivity contribution >= 4 is 31.9 Å². The second-order valence-electron chi connectivity index (χ2n) is 5.31. The molecule has 2 aromatic rings. The van der Waals surface area contributed by atoms with Crippen LogP contribution in [0.2, 0.25) is 0 Å². The van der Waals surface area contributed by atoms with Crippen molar-refractivity contribution in [2.24, 2.45) is 0 Å². The number of nitrogens with one attached hydrogen (secondary N) is 1. The molecule has 0 fully saturated rings. The van der Waals surface area contributed by atoms with Gasteiger partial charge in [-0.2, -0.15) is 0 Å². The first kappa shape index (κ1) is 20.3. The molecule has 0 saturated carbocycles. The smallest absolute Gasteiger partial charge is 0.264 e. The van der Waals surface area contributed by atoms with Crippen molar-refractivity contribution in [2.45, 2.75) is 25.2 Å². The molecule has 0 heterocycles. The fourth-order valence-corrected chi connectivity index (χ4v) is 3.88. The third kappa shape index (κ3) is 5.47. The Balaban J connectivity index is 2.06. The van der Waals surface area contributed by atoms with E-state index in [-0.39, 0.29) is 11.3 Å². The van der Waals surface area contributed by atoms with Crippen molar-refractivity contribution in [3.8, 4) is 11.5 Å². The summed E-state index contributed by atoms with van der Waals surface area (Å²) in [6, 6.07) is 11.3. The highest BCUT2D eigenvalue weighted by molar-refractivity contribution is 9.10. The molecular formula is C18H20BrNO5S. The first-order chi connectivity index (χ1) is 12.4. The van der Waals surface area contributed by atoms with E-state index in [0.29, 0.717) is 34.7 Å². The van der Waals surface area contributed by atoms with Crippen LogP contribution in [-0.2, 0) is 21.2 Å². The Hall–Kier alpha value is -2.06. The zero-order valence-corrected chi connectivity index (χ0v) is 16.9. The molecule has 0 saturated heterocycles. The van der Waals surface area contributed by atoms with Gasteiger partial charge in [0, 0.05) is 0 Å². The number of halogens is 1. The van der Waals surface area contributed by atoms with Crippen LogP contribution in [0.3, 0.4) is 0 Å². The lowest BCUT2D eigenvalue weighted by Crippen LogP contribution is -2.31. The molecule has 26 heavy (non-hydrogen) atoms. The number of carbonyl (C=O) groups is 1. The van der Waals surface area contributed by atoms with Gasteiger partial charge in [-0.05, 0) is 65.7 Å². The Morgan fingerprint density at radius 1 is 1.04 bits per heavy atom. The maximum absolute atomic E-state index is 12.4. The lowest BCUT2D eigenvalue weighted by molar-refractivity contribution is -0.118. The van der Waals surface area contributed by atoms with Crippen molar-refractivity contribution < 1.29 is 22.7 Å². The minimum atomic E-state index is -3.96. The van der Waals surface area contributed by atoms with Crippen LogP contribution in [0.4, 0.5) is 0 Å². The Labute approximate surface area is 161 Å². The molecule has 2 rings (SSSR count). The lowest BCUT2D eigenvalue weighted by Gasteiger charge is -2.10. The number of rotatable bonds is 8. The molecule has 0 radical (unpaired) electrons. The van der Waals surface area contributed by atoms with Gasteiger partial charge in [-0.3, -0.25) is 4.79 Å². The number of hydrogen-bond acceptors (Lipinski definition) is 5. The van der Waals surface area contributed by atoms with Gasteiger partial charge in [-0.15, -0.1) is 0 Å². The minimum absolute atomic E-state index is 0.0205. The molecule has 2 aromatic carbocycles. The molecule has 0 spiro atoms. The first-order valence-electron chi connectivity index (χ1n) is 8.05. The lowest BCUT2D eigenvalue weighted by atomic mass is 10.1. The van der Waals surface area contributed by atoms with E-state index < -0.39 is 15.9 Å². The van der Waals surface area contributed by atoms with Crippen LogP contribution in [-0.4, -0.2) is 27.5 Å². The average Bonchev–Trinajstić information content (AvgIpc) is 2.58. The van der Waals surface area contributed by atoms with E-state index in [1.165, 1.54) is 12.1 Å². The monoisotopic (exact) mass is 441 g/mol. The second-order valence-corrected chi connectivity index (χ2v) is 7.84. The number of hydrogen-bond donors (Lipinski definition) is 1. The Bertz CT molecular complexity index is 866. The van der Waals surface area contributed by atoms with Crippen molar-refractivity contribution in [3.63, 3.8) is 0 Å². The highest BCUT2D eigenvalue weighted by Crippen LogP contribution is 2.27. The topological polar surface area (TPSA) is 81.7 Å². The largest absolute Gasteiger partial charge is 0.494 e. The number of amides is 1. The molecule has 0 aliphatic rings. The first-order valence-corrected chi connectivity index (χ1v) is 10.3. The van der Waals surface area contributed by atoms with E-state index in [0.717, 1.165) is 0 Å². The summed E-state index contributed by atoms with van der Waals surface area (Å²) in [5.74, 6) is 0.620. The summed E-state index contributed by atoms with van der Waals surface area (Å²) >= 11 is 3.27. The highest BCUT2D eigenvalue weighted by Gasteiger charge is 2.19. The van der Waals surface area contributed by atoms with Crippen LogP contribution < -0.4 is 14.2 Å². The van der Waals surface area contributed by atoms with Gasteiger partial charge in [0.1, 0.15) is 11.5 Å². The average molecular weight is 442 g/mol. The molecule has 0 aromatic heterocycles. The Morgan fingerprint density at radius 3 is 2.27 bits per heavy atom. The van der Waals surface area contributed by atoms with E-state index >= 15 is 0 Å². The maximum atomic E-state index is 12.4. The molecular weight excluding hydrogens is 422 g/mol. The number of carbonyl (C=O) groups excluding carboxylic acids is 1. The molecule has 0 atom stereocenters. The van der Waals surface area contributed by atoms with Crippen LogP contribution in [0.15, 0.2) is 51.8 Å².